The van der Waals surface area contributed by atoms with Crippen molar-refractivity contribution >= 4 is 17.9 Å². The lowest BCUT2D eigenvalue weighted by molar-refractivity contribution is 0.0531. The number of alkyl carbamates (subject to hydrolysis) is 1. The number of halogens is 1. The van der Waals surface area contributed by atoms with Crippen LogP contribution in [0, 0.1) is 0 Å². The predicted molar refractivity (Wildman–Crippen MR) is 94.1 cm³/mol. The summed E-state index contributed by atoms with van der Waals surface area (Å²) >= 11 is 0. The molecule has 0 saturated carbocycles. The number of cyclic esters (lactones) is 1. The Kier molecular flexibility index (Phi) is 6.43. The molecule has 1 fully saturated rings. The van der Waals surface area contributed by atoms with Crippen LogP contribution in [0.4, 0.5) is 19.7 Å². The van der Waals surface area contributed by atoms with E-state index in [-0.39, 0.29) is 24.8 Å². The molecule has 26 heavy (non-hydrogen) atoms. The van der Waals surface area contributed by atoms with Gasteiger partial charge in [-0.15, -0.1) is 0 Å². The minimum atomic E-state index is -0.626. The molecule has 7 nitrogen and oxygen atoms in total. The second-order valence-corrected chi connectivity index (χ2v) is 6.67. The molecule has 8 heteroatoms. The van der Waals surface area contributed by atoms with Crippen LogP contribution in [0.15, 0.2) is 36.2 Å². The Morgan fingerprint density at radius 1 is 1.35 bits per heavy atom. The van der Waals surface area contributed by atoms with Crippen molar-refractivity contribution in [2.75, 3.05) is 31.2 Å². The molecule has 0 radical (unpaired) electrons. The second kappa shape index (κ2) is 8.55. The molecule has 1 aliphatic heterocycles. The number of carbonyl (C=O) groups is 2. The first-order chi connectivity index (χ1) is 12.3. The molecule has 1 aromatic carbocycles. The molecule has 0 unspecified atom stereocenters. The van der Waals surface area contributed by atoms with Gasteiger partial charge in [0, 0.05) is 17.8 Å². The normalized spacial score (nSPS) is 14.8. The third kappa shape index (κ3) is 5.94. The Morgan fingerprint density at radius 2 is 2.04 bits per heavy atom. The van der Waals surface area contributed by atoms with Crippen LogP contribution >= 0.6 is 0 Å². The maximum absolute atomic E-state index is 13.0. The first-order valence-corrected chi connectivity index (χ1v) is 8.20. The topological polar surface area (TPSA) is 77.1 Å². The number of amides is 2. The van der Waals surface area contributed by atoms with Gasteiger partial charge in [-0.3, -0.25) is 4.90 Å². The van der Waals surface area contributed by atoms with E-state index in [1.54, 1.807) is 45.0 Å². The van der Waals surface area contributed by atoms with Crippen molar-refractivity contribution in [1.29, 1.82) is 0 Å². The lowest BCUT2D eigenvalue weighted by Gasteiger charge is -2.20. The first-order valence-electron chi connectivity index (χ1n) is 8.20. The van der Waals surface area contributed by atoms with Gasteiger partial charge in [0.05, 0.1) is 12.9 Å². The zero-order valence-corrected chi connectivity index (χ0v) is 15.1. The van der Waals surface area contributed by atoms with Crippen molar-refractivity contribution in [3.8, 4) is 5.75 Å². The van der Waals surface area contributed by atoms with Gasteiger partial charge < -0.3 is 19.5 Å². The number of rotatable bonds is 6. The van der Waals surface area contributed by atoms with Crippen LogP contribution in [-0.2, 0) is 9.47 Å². The molecule has 1 heterocycles. The van der Waals surface area contributed by atoms with E-state index in [1.807, 2.05) is 0 Å². The molecule has 1 aliphatic rings. The van der Waals surface area contributed by atoms with E-state index in [1.165, 1.54) is 4.90 Å². The van der Waals surface area contributed by atoms with Crippen LogP contribution in [0.3, 0.4) is 0 Å². The maximum atomic E-state index is 13.0. The monoisotopic (exact) mass is 366 g/mol. The summed E-state index contributed by atoms with van der Waals surface area (Å²) in [5, 5.41) is 2.47. The van der Waals surface area contributed by atoms with Crippen molar-refractivity contribution in [3.63, 3.8) is 0 Å². The van der Waals surface area contributed by atoms with Gasteiger partial charge >= 0.3 is 12.2 Å². The van der Waals surface area contributed by atoms with Gasteiger partial charge in [0.1, 0.15) is 24.6 Å². The van der Waals surface area contributed by atoms with E-state index in [9.17, 15) is 14.0 Å². The van der Waals surface area contributed by atoms with Crippen LogP contribution in [0.5, 0.6) is 5.75 Å². The summed E-state index contributed by atoms with van der Waals surface area (Å²) in [4.78, 5) is 24.6. The summed E-state index contributed by atoms with van der Waals surface area (Å²) in [6.07, 6.45) is -0.611. The van der Waals surface area contributed by atoms with E-state index >= 15 is 0 Å². The standard InChI is InChI=1S/C18H23FN2O5/c1-18(2,3)26-16(22)20-11-13(10-19)12-25-15-6-4-14(5-7-15)21-8-9-24-17(21)23/h4-7,10H,8-9,11-12H2,1-3H3,(H,20,22)/b13-10-. The summed E-state index contributed by atoms with van der Waals surface area (Å²) in [5.41, 5.74) is 0.333. The van der Waals surface area contributed by atoms with E-state index in [0.717, 1.165) is 0 Å². The van der Waals surface area contributed by atoms with Gasteiger partial charge in [0.15, 0.2) is 0 Å². The van der Waals surface area contributed by atoms with Crippen LogP contribution in [-0.4, -0.2) is 44.1 Å². The van der Waals surface area contributed by atoms with E-state index < -0.39 is 11.7 Å². The summed E-state index contributed by atoms with van der Waals surface area (Å²) in [6.45, 7) is 6.05. The van der Waals surface area contributed by atoms with Crippen LogP contribution < -0.4 is 15.0 Å². The van der Waals surface area contributed by atoms with Crippen molar-refractivity contribution in [1.82, 2.24) is 5.32 Å². The molecular weight excluding hydrogens is 343 g/mol. The number of hydrogen-bond acceptors (Lipinski definition) is 5. The molecule has 2 rings (SSSR count). The third-order valence-electron chi connectivity index (χ3n) is 3.35. The Labute approximate surface area is 151 Å². The molecular formula is C18H23FN2O5. The largest absolute Gasteiger partial charge is 0.489 e. The van der Waals surface area contributed by atoms with Gasteiger partial charge in [-0.2, -0.15) is 0 Å². The fraction of sp³-hybridized carbons (Fsp3) is 0.444. The number of hydrogen-bond donors (Lipinski definition) is 1. The van der Waals surface area contributed by atoms with E-state index in [0.29, 0.717) is 30.9 Å². The highest BCUT2D eigenvalue weighted by atomic mass is 19.1. The Hall–Kier alpha value is -2.77. The maximum Gasteiger partial charge on any atom is 0.414 e. The zero-order valence-electron chi connectivity index (χ0n) is 15.1. The summed E-state index contributed by atoms with van der Waals surface area (Å²) in [7, 11) is 0. The minimum absolute atomic E-state index is 0.0247. The molecule has 0 atom stereocenters. The van der Waals surface area contributed by atoms with Crippen LogP contribution in [0.25, 0.3) is 0 Å². The number of nitrogens with one attached hydrogen (secondary N) is 1. The number of ether oxygens (including phenoxy) is 3. The Balaban J connectivity index is 1.81. The summed E-state index contributed by atoms with van der Waals surface area (Å²) in [6, 6.07) is 6.80. The fourth-order valence-electron chi connectivity index (χ4n) is 2.15. The molecule has 0 spiro atoms. The molecule has 2 amide bonds. The van der Waals surface area contributed by atoms with Crippen molar-refractivity contribution in [2.24, 2.45) is 0 Å². The minimum Gasteiger partial charge on any atom is -0.489 e. The average Bonchev–Trinajstić information content (AvgIpc) is 3.00. The summed E-state index contributed by atoms with van der Waals surface area (Å²) in [5.74, 6) is 0.512. The Morgan fingerprint density at radius 3 is 2.58 bits per heavy atom. The smallest absolute Gasteiger partial charge is 0.414 e. The SMILES string of the molecule is CC(C)(C)OC(=O)NC/C(=C/F)COc1ccc(N2CCOC2=O)cc1. The molecule has 0 bridgehead atoms. The highest BCUT2D eigenvalue weighted by Crippen LogP contribution is 2.22. The molecule has 1 N–H and O–H groups in total. The molecule has 0 aliphatic carbocycles. The highest BCUT2D eigenvalue weighted by Gasteiger charge is 2.23. The lowest BCUT2D eigenvalue weighted by Crippen LogP contribution is -2.34. The van der Waals surface area contributed by atoms with Gasteiger partial charge in [0.25, 0.3) is 0 Å². The van der Waals surface area contributed by atoms with Gasteiger partial charge in [-0.25, -0.2) is 14.0 Å². The number of nitrogens with zero attached hydrogens (tertiary/aromatic N) is 1. The lowest BCUT2D eigenvalue weighted by atomic mass is 10.2. The fourth-order valence-corrected chi connectivity index (χ4v) is 2.15. The zero-order chi connectivity index (χ0) is 19.2. The van der Waals surface area contributed by atoms with Crippen LogP contribution in [0.2, 0.25) is 0 Å². The first kappa shape index (κ1) is 19.6. The van der Waals surface area contributed by atoms with Gasteiger partial charge in [-0.1, -0.05) is 0 Å². The molecule has 142 valence electrons. The highest BCUT2D eigenvalue weighted by molar-refractivity contribution is 5.89. The van der Waals surface area contributed by atoms with Crippen molar-refractivity contribution in [2.45, 2.75) is 26.4 Å². The van der Waals surface area contributed by atoms with Crippen molar-refractivity contribution in [3.05, 3.63) is 36.2 Å². The van der Waals surface area contributed by atoms with Crippen molar-refractivity contribution < 1.29 is 28.2 Å². The number of carbonyl (C=O) groups excluding carboxylic acids is 2. The molecule has 0 aromatic heterocycles. The quantitative estimate of drug-likeness (QED) is 0.835. The number of anilines is 1. The predicted octanol–water partition coefficient (Wildman–Crippen LogP) is 3.40. The molecule has 1 saturated heterocycles. The third-order valence-corrected chi connectivity index (χ3v) is 3.35. The average molecular weight is 366 g/mol. The second-order valence-electron chi connectivity index (χ2n) is 6.67. The van der Waals surface area contributed by atoms with Crippen LogP contribution in [0.1, 0.15) is 20.8 Å². The van der Waals surface area contributed by atoms with Gasteiger partial charge in [0.2, 0.25) is 0 Å². The van der Waals surface area contributed by atoms with Gasteiger partial charge in [-0.05, 0) is 45.0 Å². The van der Waals surface area contributed by atoms with E-state index in [4.69, 9.17) is 14.2 Å². The summed E-state index contributed by atoms with van der Waals surface area (Å²) < 4.78 is 28.4. The number of benzene rings is 1. The molecule has 1 aromatic rings. The Bertz CT molecular complexity index is 667. The van der Waals surface area contributed by atoms with E-state index in [2.05, 4.69) is 5.32 Å².